The topological polar surface area (TPSA) is 135 Å². The lowest BCUT2D eigenvalue weighted by molar-refractivity contribution is -0.133. The lowest BCUT2D eigenvalue weighted by Gasteiger charge is -2.26. The van der Waals surface area contributed by atoms with Crippen LogP contribution in [0.3, 0.4) is 0 Å². The largest absolute Gasteiger partial charge is 0.491 e. The monoisotopic (exact) mass is 857 g/mol. The Labute approximate surface area is 370 Å². The highest BCUT2D eigenvalue weighted by atomic mass is 32.1. The maximum absolute atomic E-state index is 11.4. The van der Waals surface area contributed by atoms with E-state index in [2.05, 4.69) is 102 Å². The van der Waals surface area contributed by atoms with E-state index >= 15 is 0 Å². The third kappa shape index (κ3) is 8.13. The molecule has 0 aliphatic rings. The fourth-order valence-electron chi connectivity index (χ4n) is 7.74. The van der Waals surface area contributed by atoms with E-state index in [-0.39, 0.29) is 17.3 Å². The van der Waals surface area contributed by atoms with Crippen LogP contribution in [0.4, 0.5) is 17.1 Å². The minimum atomic E-state index is -1.25. The van der Waals surface area contributed by atoms with Gasteiger partial charge in [0.15, 0.2) is 0 Å². The molecule has 0 saturated heterocycles. The summed E-state index contributed by atoms with van der Waals surface area (Å²) in [7, 11) is 0. The number of carboxylic acids is 2. The number of rotatable bonds is 11. The van der Waals surface area contributed by atoms with E-state index in [4.69, 9.17) is 4.74 Å². The number of carbonyl (C=O) groups is 2. The zero-order chi connectivity index (χ0) is 43.8. The summed E-state index contributed by atoms with van der Waals surface area (Å²) in [5, 5.41) is 41.5. The first-order valence-corrected chi connectivity index (χ1v) is 21.6. The van der Waals surface area contributed by atoms with Crippen molar-refractivity contribution < 1.29 is 24.5 Å². The van der Waals surface area contributed by atoms with Gasteiger partial charge >= 0.3 is 11.9 Å². The van der Waals surface area contributed by atoms with Crippen molar-refractivity contribution in [3.05, 3.63) is 168 Å². The van der Waals surface area contributed by atoms with Crippen molar-refractivity contribution in [2.45, 2.75) is 20.0 Å². The molecule has 2 heterocycles. The molecule has 0 saturated carbocycles. The number of hydrogen-bond donors (Lipinski definition) is 2. The maximum atomic E-state index is 11.4. The molecular weight excluding hydrogens is 823 g/mol. The molecule has 0 aliphatic heterocycles. The molecule has 0 atom stereocenters. The van der Waals surface area contributed by atoms with Crippen LogP contribution < -0.4 is 9.64 Å². The fraction of sp³-hybridized carbons (Fsp3) is 0.0566. The number of ether oxygens (including phenoxy) is 1. The summed E-state index contributed by atoms with van der Waals surface area (Å²) >= 11 is 3.27. The molecule has 304 valence electrons. The first-order chi connectivity index (χ1) is 30.5. The Morgan fingerprint density at radius 3 is 1.24 bits per heavy atom. The molecule has 0 bridgehead atoms. The molecule has 2 aromatic heterocycles. The van der Waals surface area contributed by atoms with E-state index in [1.807, 2.05) is 62.4 Å². The van der Waals surface area contributed by atoms with Gasteiger partial charge in [-0.2, -0.15) is 10.5 Å². The minimum Gasteiger partial charge on any atom is -0.491 e. The molecule has 10 heteroatoms. The lowest BCUT2D eigenvalue weighted by Crippen LogP contribution is -2.10. The number of nitrogens with zero attached hydrogens (tertiary/aromatic N) is 3. The zero-order valence-electron chi connectivity index (χ0n) is 33.9. The van der Waals surface area contributed by atoms with E-state index in [1.54, 1.807) is 34.8 Å². The molecule has 0 aliphatic carbocycles. The first kappa shape index (κ1) is 40.4. The quantitative estimate of drug-likeness (QED) is 0.0970. The highest BCUT2D eigenvalue weighted by molar-refractivity contribution is 7.26. The number of nitriles is 2. The van der Waals surface area contributed by atoms with Crippen LogP contribution in [0, 0.1) is 22.7 Å². The molecule has 2 N–H and O–H groups in total. The van der Waals surface area contributed by atoms with Crippen molar-refractivity contribution in [1.29, 1.82) is 10.5 Å². The zero-order valence-corrected chi connectivity index (χ0v) is 35.5. The maximum Gasteiger partial charge on any atom is 0.346 e. The number of fused-ring (bicyclic) bond motifs is 6. The van der Waals surface area contributed by atoms with Gasteiger partial charge in [-0.1, -0.05) is 72.8 Å². The SMILES string of the molecule is CC(C)Oc1ccc(N(c2ccc(-c3ccc4c(c3)sc3cc(C=C(C#N)C(=O)O)ccc34)cc2)c2ccc(-c3ccc4c(c3)sc3cc(C=C(C#N)C(=O)O)ccc34)cc2)cc1. The second kappa shape index (κ2) is 16.8. The van der Waals surface area contributed by atoms with Crippen LogP contribution in [0.2, 0.25) is 0 Å². The summed E-state index contributed by atoms with van der Waals surface area (Å²) in [4.78, 5) is 25.0. The van der Waals surface area contributed by atoms with Gasteiger partial charge in [0.25, 0.3) is 0 Å². The summed E-state index contributed by atoms with van der Waals surface area (Å²) in [5.74, 6) is -1.69. The third-order valence-electron chi connectivity index (χ3n) is 10.7. The van der Waals surface area contributed by atoms with Crippen molar-refractivity contribution in [2.75, 3.05) is 4.90 Å². The first-order valence-electron chi connectivity index (χ1n) is 20.0. The van der Waals surface area contributed by atoms with Gasteiger partial charge in [0, 0.05) is 57.4 Å². The smallest absolute Gasteiger partial charge is 0.346 e. The Morgan fingerprint density at radius 1 is 0.524 bits per heavy atom. The van der Waals surface area contributed by atoms with Gasteiger partial charge in [0.2, 0.25) is 0 Å². The van der Waals surface area contributed by atoms with Gasteiger partial charge in [-0.05, 0) is 132 Å². The third-order valence-corrected chi connectivity index (χ3v) is 12.9. The van der Waals surface area contributed by atoms with Gasteiger partial charge in [-0.3, -0.25) is 0 Å². The summed E-state index contributed by atoms with van der Waals surface area (Å²) in [6, 6.07) is 53.0. The van der Waals surface area contributed by atoms with Crippen LogP contribution >= 0.6 is 22.7 Å². The Hall–Kier alpha value is -8.02. The molecular formula is C53H35N3O5S2. The molecule has 9 aromatic rings. The molecule has 7 aromatic carbocycles. The van der Waals surface area contributed by atoms with Gasteiger partial charge < -0.3 is 19.8 Å². The summed E-state index contributed by atoms with van der Waals surface area (Å²) < 4.78 is 10.2. The normalized spacial score (nSPS) is 11.9. The van der Waals surface area contributed by atoms with Crippen molar-refractivity contribution in [3.63, 3.8) is 0 Å². The van der Waals surface area contributed by atoms with E-state index in [0.717, 1.165) is 85.4 Å². The predicted octanol–water partition coefficient (Wildman–Crippen LogP) is 14.0. The number of benzene rings is 7. The molecule has 0 radical (unpaired) electrons. The van der Waals surface area contributed by atoms with Crippen LogP contribution in [0.15, 0.2) is 157 Å². The molecule has 9 rings (SSSR count). The minimum absolute atomic E-state index is 0.0535. The number of aliphatic carboxylic acids is 2. The average Bonchev–Trinajstić information content (AvgIpc) is 3.84. The molecule has 0 spiro atoms. The number of thiophene rings is 2. The Balaban J connectivity index is 1.02. The second-order valence-electron chi connectivity index (χ2n) is 15.2. The number of hydrogen-bond acceptors (Lipinski definition) is 8. The summed E-state index contributed by atoms with van der Waals surface area (Å²) in [5.41, 5.74) is 7.94. The van der Waals surface area contributed by atoms with Gasteiger partial charge in [0.1, 0.15) is 29.0 Å². The van der Waals surface area contributed by atoms with Crippen molar-refractivity contribution >= 4 is 104 Å². The molecule has 0 fully saturated rings. The van der Waals surface area contributed by atoms with Gasteiger partial charge in [-0.15, -0.1) is 22.7 Å². The highest BCUT2D eigenvalue weighted by Crippen LogP contribution is 2.41. The van der Waals surface area contributed by atoms with Crippen LogP contribution in [0.1, 0.15) is 25.0 Å². The average molecular weight is 858 g/mol. The molecule has 8 nitrogen and oxygen atoms in total. The Morgan fingerprint density at radius 2 is 0.873 bits per heavy atom. The van der Waals surface area contributed by atoms with E-state index in [1.165, 1.54) is 12.2 Å². The van der Waals surface area contributed by atoms with E-state index in [0.29, 0.717) is 11.1 Å². The predicted molar refractivity (Wildman–Crippen MR) is 256 cm³/mol. The van der Waals surface area contributed by atoms with Crippen LogP contribution in [0.25, 0.3) is 74.8 Å². The molecule has 0 amide bonds. The fourth-order valence-corrected chi connectivity index (χ4v) is 10.1. The van der Waals surface area contributed by atoms with Gasteiger partial charge in [0.05, 0.1) is 6.10 Å². The Bertz CT molecular complexity index is 3220. The van der Waals surface area contributed by atoms with Crippen LogP contribution in [0.5, 0.6) is 5.75 Å². The number of anilines is 3. The van der Waals surface area contributed by atoms with Crippen molar-refractivity contribution in [1.82, 2.24) is 0 Å². The summed E-state index contributed by atoms with van der Waals surface area (Å²) in [6.07, 6.45) is 2.85. The molecule has 63 heavy (non-hydrogen) atoms. The lowest BCUT2D eigenvalue weighted by atomic mass is 10.0. The number of carboxylic acid groups (broad SMARTS) is 2. The van der Waals surface area contributed by atoms with Crippen LogP contribution in [-0.4, -0.2) is 28.3 Å². The summed E-state index contributed by atoms with van der Waals surface area (Å²) in [6.45, 7) is 4.02. The van der Waals surface area contributed by atoms with E-state index in [9.17, 15) is 30.3 Å². The highest BCUT2D eigenvalue weighted by Gasteiger charge is 2.16. The van der Waals surface area contributed by atoms with Crippen molar-refractivity contribution in [2.24, 2.45) is 0 Å². The standard InChI is InChI=1S/C53H35N3O5S2/c1-31(2)61-43-17-15-42(16-18-43)56(40-11-5-34(6-12-40)36-9-21-46-44-19-3-32(23-38(29-54)52(57)58)25-48(44)62-50(46)27-36)41-13-7-35(8-14-41)37-10-22-47-45-20-4-33(24-39(30-55)53(59)60)26-49(45)63-51(47)28-37/h3-28,31H,1-2H3,(H,57,58)(H,59,60). The Kier molecular flexibility index (Phi) is 10.8. The van der Waals surface area contributed by atoms with Gasteiger partial charge in [-0.25, -0.2) is 9.59 Å². The molecule has 0 unspecified atom stereocenters. The second-order valence-corrected chi connectivity index (χ2v) is 17.3. The van der Waals surface area contributed by atoms with Crippen molar-refractivity contribution in [3.8, 4) is 40.1 Å². The van der Waals surface area contributed by atoms with Crippen LogP contribution in [-0.2, 0) is 9.59 Å². The van der Waals surface area contributed by atoms with E-state index < -0.39 is 11.9 Å².